The first-order valence-corrected chi connectivity index (χ1v) is 6.99. The van der Waals surface area contributed by atoms with Gasteiger partial charge >= 0.3 is 5.97 Å². The summed E-state index contributed by atoms with van der Waals surface area (Å²) in [6.07, 6.45) is 0. The van der Waals surface area contributed by atoms with Gasteiger partial charge in [0.2, 0.25) is 0 Å². The summed E-state index contributed by atoms with van der Waals surface area (Å²) in [5.74, 6) is -0.354. The quantitative estimate of drug-likeness (QED) is 0.670. The summed E-state index contributed by atoms with van der Waals surface area (Å²) in [4.78, 5) is 14.1. The Balaban J connectivity index is 1.82. The summed E-state index contributed by atoms with van der Waals surface area (Å²) >= 11 is 3.30. The maximum Gasteiger partial charge on any atom is 0.339 e. The Morgan fingerprint density at radius 3 is 2.89 bits per heavy atom. The SMILES string of the molecule is Nc1cccc(C(=O)OCCN2CCOCC2)c1Br. The number of benzene rings is 1. The minimum absolute atomic E-state index is 0.354. The molecule has 1 aliphatic rings. The van der Waals surface area contributed by atoms with Crippen LogP contribution in [0.25, 0.3) is 0 Å². The van der Waals surface area contributed by atoms with Gasteiger partial charge in [0.1, 0.15) is 6.61 Å². The van der Waals surface area contributed by atoms with Gasteiger partial charge in [0.25, 0.3) is 0 Å². The van der Waals surface area contributed by atoms with Crippen LogP contribution < -0.4 is 5.73 Å². The molecule has 0 aliphatic carbocycles. The van der Waals surface area contributed by atoms with Crippen LogP contribution in [0.2, 0.25) is 0 Å². The Morgan fingerprint density at radius 1 is 1.42 bits per heavy atom. The average Bonchev–Trinajstić information content (AvgIpc) is 2.43. The largest absolute Gasteiger partial charge is 0.461 e. The summed E-state index contributed by atoms with van der Waals surface area (Å²) in [5, 5.41) is 0. The predicted octanol–water partition coefficient (Wildman–Crippen LogP) is 1.52. The molecule has 1 fully saturated rings. The first-order valence-electron chi connectivity index (χ1n) is 6.19. The zero-order valence-corrected chi connectivity index (χ0v) is 12.2. The molecule has 0 aromatic heterocycles. The number of nitrogens with two attached hydrogens (primary N) is 1. The van der Waals surface area contributed by atoms with Crippen molar-refractivity contribution in [1.29, 1.82) is 0 Å². The van der Waals surface area contributed by atoms with Crippen molar-refractivity contribution in [3.05, 3.63) is 28.2 Å². The minimum atomic E-state index is -0.354. The van der Waals surface area contributed by atoms with Crippen molar-refractivity contribution < 1.29 is 14.3 Å². The van der Waals surface area contributed by atoms with E-state index in [9.17, 15) is 4.79 Å². The van der Waals surface area contributed by atoms with Gasteiger partial charge in [-0.15, -0.1) is 0 Å². The van der Waals surface area contributed by atoms with Crippen LogP contribution in [0.1, 0.15) is 10.4 Å². The van der Waals surface area contributed by atoms with Crippen molar-refractivity contribution in [2.75, 3.05) is 45.2 Å². The Hall–Kier alpha value is -1.11. The van der Waals surface area contributed by atoms with Crippen molar-refractivity contribution in [2.45, 2.75) is 0 Å². The Kier molecular flexibility index (Phi) is 5.18. The smallest absolute Gasteiger partial charge is 0.339 e. The third kappa shape index (κ3) is 3.92. The van der Waals surface area contributed by atoms with Gasteiger partial charge in [-0.25, -0.2) is 4.79 Å². The zero-order valence-electron chi connectivity index (χ0n) is 10.6. The molecule has 1 aliphatic heterocycles. The molecule has 19 heavy (non-hydrogen) atoms. The predicted molar refractivity (Wildman–Crippen MR) is 76.1 cm³/mol. The van der Waals surface area contributed by atoms with Crippen LogP contribution in [0.15, 0.2) is 22.7 Å². The third-order valence-corrected chi connectivity index (χ3v) is 3.88. The third-order valence-electron chi connectivity index (χ3n) is 2.99. The maximum absolute atomic E-state index is 11.9. The second-order valence-electron chi connectivity index (χ2n) is 4.30. The molecule has 5 nitrogen and oxygen atoms in total. The monoisotopic (exact) mass is 328 g/mol. The number of nitrogens with zero attached hydrogens (tertiary/aromatic N) is 1. The van der Waals surface area contributed by atoms with Crippen molar-refractivity contribution >= 4 is 27.6 Å². The van der Waals surface area contributed by atoms with E-state index < -0.39 is 0 Å². The highest BCUT2D eigenvalue weighted by atomic mass is 79.9. The van der Waals surface area contributed by atoms with E-state index in [1.54, 1.807) is 18.2 Å². The molecule has 1 aromatic rings. The standard InChI is InChI=1S/C13H17BrN2O3/c14-12-10(2-1-3-11(12)15)13(17)19-9-6-16-4-7-18-8-5-16/h1-3H,4-9,15H2. The molecule has 1 aromatic carbocycles. The first-order chi connectivity index (χ1) is 9.18. The Bertz CT molecular complexity index is 448. The van der Waals surface area contributed by atoms with Gasteiger partial charge in [0, 0.05) is 25.3 Å². The number of halogens is 1. The second-order valence-corrected chi connectivity index (χ2v) is 5.09. The van der Waals surface area contributed by atoms with Crippen LogP contribution in [-0.4, -0.2) is 50.3 Å². The molecule has 2 rings (SSSR count). The van der Waals surface area contributed by atoms with E-state index in [1.807, 2.05) is 0 Å². The lowest BCUT2D eigenvalue weighted by Gasteiger charge is -2.26. The van der Waals surface area contributed by atoms with Gasteiger partial charge < -0.3 is 15.2 Å². The average molecular weight is 329 g/mol. The molecule has 1 saturated heterocycles. The summed E-state index contributed by atoms with van der Waals surface area (Å²) in [5.41, 5.74) is 6.72. The fraction of sp³-hybridized carbons (Fsp3) is 0.462. The number of carbonyl (C=O) groups is 1. The fourth-order valence-electron chi connectivity index (χ4n) is 1.88. The molecule has 0 unspecified atom stereocenters. The van der Waals surface area contributed by atoms with E-state index >= 15 is 0 Å². The molecule has 0 bridgehead atoms. The van der Waals surface area contributed by atoms with Crippen molar-refractivity contribution in [1.82, 2.24) is 4.90 Å². The number of rotatable bonds is 4. The van der Waals surface area contributed by atoms with E-state index in [0.29, 0.717) is 22.3 Å². The molecule has 1 heterocycles. The lowest BCUT2D eigenvalue weighted by molar-refractivity contribution is 0.0195. The fourth-order valence-corrected chi connectivity index (χ4v) is 2.30. The normalized spacial score (nSPS) is 16.3. The molecule has 2 N–H and O–H groups in total. The van der Waals surface area contributed by atoms with Gasteiger partial charge in [0.05, 0.1) is 23.2 Å². The zero-order chi connectivity index (χ0) is 13.7. The molecule has 0 saturated carbocycles. The minimum Gasteiger partial charge on any atom is -0.461 e. The number of carbonyl (C=O) groups excluding carboxylic acids is 1. The van der Waals surface area contributed by atoms with Crippen molar-refractivity contribution in [3.8, 4) is 0 Å². The highest BCUT2D eigenvalue weighted by molar-refractivity contribution is 9.10. The molecular weight excluding hydrogens is 312 g/mol. The molecule has 0 spiro atoms. The molecule has 0 amide bonds. The van der Waals surface area contributed by atoms with Crippen LogP contribution in [0.4, 0.5) is 5.69 Å². The molecule has 6 heteroatoms. The highest BCUT2D eigenvalue weighted by Crippen LogP contribution is 2.24. The van der Waals surface area contributed by atoms with Gasteiger partial charge in [-0.3, -0.25) is 4.90 Å². The van der Waals surface area contributed by atoms with Gasteiger partial charge in [-0.05, 0) is 28.1 Å². The van der Waals surface area contributed by atoms with Crippen LogP contribution >= 0.6 is 15.9 Å². The number of morpholine rings is 1. The molecule has 104 valence electrons. The number of esters is 1. The van der Waals surface area contributed by atoms with Gasteiger partial charge in [0.15, 0.2) is 0 Å². The molecule has 0 atom stereocenters. The summed E-state index contributed by atoms with van der Waals surface area (Å²) in [7, 11) is 0. The van der Waals surface area contributed by atoms with E-state index in [4.69, 9.17) is 15.2 Å². The van der Waals surface area contributed by atoms with Crippen LogP contribution in [0.5, 0.6) is 0 Å². The summed E-state index contributed by atoms with van der Waals surface area (Å²) in [6.45, 7) is 4.37. The number of anilines is 1. The van der Waals surface area contributed by atoms with E-state index in [-0.39, 0.29) is 5.97 Å². The Morgan fingerprint density at radius 2 is 2.16 bits per heavy atom. The van der Waals surface area contributed by atoms with E-state index in [2.05, 4.69) is 20.8 Å². The first kappa shape index (κ1) is 14.3. The number of hydrogen-bond acceptors (Lipinski definition) is 5. The lowest BCUT2D eigenvalue weighted by Crippen LogP contribution is -2.38. The molecular formula is C13H17BrN2O3. The van der Waals surface area contributed by atoms with E-state index in [1.165, 1.54) is 0 Å². The summed E-state index contributed by atoms with van der Waals surface area (Å²) in [6, 6.07) is 5.16. The van der Waals surface area contributed by atoms with E-state index in [0.717, 1.165) is 32.8 Å². The number of hydrogen-bond donors (Lipinski definition) is 1. The van der Waals surface area contributed by atoms with Crippen LogP contribution in [0, 0.1) is 0 Å². The van der Waals surface area contributed by atoms with Crippen LogP contribution in [0.3, 0.4) is 0 Å². The number of ether oxygens (including phenoxy) is 2. The topological polar surface area (TPSA) is 64.8 Å². The maximum atomic E-state index is 11.9. The van der Waals surface area contributed by atoms with Crippen molar-refractivity contribution in [2.24, 2.45) is 0 Å². The number of nitrogen functional groups attached to an aromatic ring is 1. The van der Waals surface area contributed by atoms with Crippen molar-refractivity contribution in [3.63, 3.8) is 0 Å². The summed E-state index contributed by atoms with van der Waals surface area (Å²) < 4.78 is 11.1. The molecule has 0 radical (unpaired) electrons. The second kappa shape index (κ2) is 6.88. The van der Waals surface area contributed by atoms with Crippen LogP contribution in [-0.2, 0) is 9.47 Å². The highest BCUT2D eigenvalue weighted by Gasteiger charge is 2.14. The van der Waals surface area contributed by atoms with Gasteiger partial charge in [-0.2, -0.15) is 0 Å². The van der Waals surface area contributed by atoms with Gasteiger partial charge in [-0.1, -0.05) is 6.07 Å². The Labute approximate surface area is 120 Å². The lowest BCUT2D eigenvalue weighted by atomic mass is 10.2.